The van der Waals surface area contributed by atoms with E-state index in [2.05, 4.69) is 10.6 Å². The molecule has 140 valence electrons. The molecule has 0 spiro atoms. The van der Waals surface area contributed by atoms with Crippen molar-refractivity contribution in [1.82, 2.24) is 5.32 Å². The summed E-state index contributed by atoms with van der Waals surface area (Å²) in [5.41, 5.74) is 1.26. The van der Waals surface area contributed by atoms with Gasteiger partial charge in [0, 0.05) is 23.5 Å². The minimum absolute atomic E-state index is 0.0428. The van der Waals surface area contributed by atoms with Crippen molar-refractivity contribution in [2.75, 3.05) is 25.6 Å². The number of carbonyl (C=O) groups excluding carboxylic acids is 1. The van der Waals surface area contributed by atoms with Gasteiger partial charge in [0.15, 0.2) is 0 Å². The molecular weight excluding hydrogens is 366 g/mol. The molecule has 0 aliphatic carbocycles. The van der Waals surface area contributed by atoms with Crippen LogP contribution in [0.1, 0.15) is 5.56 Å². The SMILES string of the molecule is COc1ccc(OCCN/C=C(/C#N)C(=O)Nc2cccc(Cl)c2C)cc1. The molecule has 0 fully saturated rings. The third kappa shape index (κ3) is 5.94. The smallest absolute Gasteiger partial charge is 0.267 e. The van der Waals surface area contributed by atoms with Gasteiger partial charge in [0.25, 0.3) is 5.91 Å². The van der Waals surface area contributed by atoms with Crippen LogP contribution in [0.3, 0.4) is 0 Å². The molecule has 2 N–H and O–H groups in total. The molecule has 0 aromatic heterocycles. The van der Waals surface area contributed by atoms with Crippen molar-refractivity contribution in [2.45, 2.75) is 6.92 Å². The number of benzene rings is 2. The summed E-state index contributed by atoms with van der Waals surface area (Å²) < 4.78 is 10.6. The van der Waals surface area contributed by atoms with Crippen molar-refractivity contribution in [3.63, 3.8) is 0 Å². The van der Waals surface area contributed by atoms with E-state index in [0.29, 0.717) is 29.6 Å². The number of rotatable bonds is 8. The maximum atomic E-state index is 12.2. The van der Waals surface area contributed by atoms with Crippen LogP contribution in [-0.4, -0.2) is 26.2 Å². The second-order valence-electron chi connectivity index (χ2n) is 5.51. The summed E-state index contributed by atoms with van der Waals surface area (Å²) >= 11 is 6.03. The summed E-state index contributed by atoms with van der Waals surface area (Å²) in [5, 5.41) is 15.3. The van der Waals surface area contributed by atoms with Crippen molar-refractivity contribution < 1.29 is 14.3 Å². The van der Waals surface area contributed by atoms with Gasteiger partial charge in [-0.2, -0.15) is 5.26 Å². The van der Waals surface area contributed by atoms with Crippen LogP contribution < -0.4 is 20.1 Å². The molecule has 0 heterocycles. The van der Waals surface area contributed by atoms with Gasteiger partial charge in [-0.05, 0) is 48.9 Å². The highest BCUT2D eigenvalue weighted by atomic mass is 35.5. The Morgan fingerprint density at radius 2 is 1.93 bits per heavy atom. The van der Waals surface area contributed by atoms with Gasteiger partial charge in [-0.25, -0.2) is 0 Å². The Hall–Kier alpha value is -3.17. The summed E-state index contributed by atoms with van der Waals surface area (Å²) in [6, 6.07) is 14.3. The molecular formula is C20H20ClN3O3. The first-order valence-electron chi connectivity index (χ1n) is 8.22. The second-order valence-corrected chi connectivity index (χ2v) is 5.92. The average Bonchev–Trinajstić information content (AvgIpc) is 2.68. The minimum atomic E-state index is -0.508. The van der Waals surface area contributed by atoms with Gasteiger partial charge in [0.05, 0.1) is 7.11 Å². The van der Waals surface area contributed by atoms with Gasteiger partial charge in [-0.3, -0.25) is 4.79 Å². The number of ether oxygens (including phenoxy) is 2. The van der Waals surface area contributed by atoms with Crippen LogP contribution in [0, 0.1) is 18.3 Å². The fourth-order valence-corrected chi connectivity index (χ4v) is 2.33. The fraction of sp³-hybridized carbons (Fsp3) is 0.200. The number of halogens is 1. The number of methoxy groups -OCH3 is 1. The quantitative estimate of drug-likeness (QED) is 0.411. The second kappa shape index (κ2) is 10.1. The molecule has 1 amide bonds. The van der Waals surface area contributed by atoms with E-state index in [1.165, 1.54) is 6.20 Å². The van der Waals surface area contributed by atoms with Crippen molar-refractivity contribution in [1.29, 1.82) is 5.26 Å². The zero-order chi connectivity index (χ0) is 19.6. The Kier molecular flexibility index (Phi) is 7.53. The summed E-state index contributed by atoms with van der Waals surface area (Å²) in [7, 11) is 1.60. The molecule has 0 atom stereocenters. The molecule has 0 saturated heterocycles. The third-order valence-corrected chi connectivity index (χ3v) is 4.11. The van der Waals surface area contributed by atoms with Gasteiger partial charge in [-0.1, -0.05) is 17.7 Å². The monoisotopic (exact) mass is 385 g/mol. The minimum Gasteiger partial charge on any atom is -0.497 e. The van der Waals surface area contributed by atoms with E-state index in [9.17, 15) is 10.1 Å². The Balaban J connectivity index is 1.83. The number of nitrogens with zero attached hydrogens (tertiary/aromatic N) is 1. The molecule has 2 aromatic carbocycles. The Morgan fingerprint density at radius 3 is 2.59 bits per heavy atom. The topological polar surface area (TPSA) is 83.4 Å². The van der Waals surface area contributed by atoms with Crippen molar-refractivity contribution in [3.05, 3.63) is 64.8 Å². The summed E-state index contributed by atoms with van der Waals surface area (Å²) in [5.74, 6) is 0.950. The van der Waals surface area contributed by atoms with E-state index in [0.717, 1.165) is 11.3 Å². The van der Waals surface area contributed by atoms with Crippen LogP contribution in [0.5, 0.6) is 11.5 Å². The highest BCUT2D eigenvalue weighted by Crippen LogP contribution is 2.23. The molecule has 2 rings (SSSR count). The first-order chi connectivity index (χ1) is 13.0. The lowest BCUT2D eigenvalue weighted by Gasteiger charge is -2.09. The van der Waals surface area contributed by atoms with Gasteiger partial charge < -0.3 is 20.1 Å². The largest absolute Gasteiger partial charge is 0.497 e. The zero-order valence-electron chi connectivity index (χ0n) is 15.1. The normalized spacial score (nSPS) is 10.7. The summed E-state index contributed by atoms with van der Waals surface area (Å²) in [6.07, 6.45) is 1.37. The molecule has 0 aliphatic heterocycles. The molecule has 0 aliphatic rings. The lowest BCUT2D eigenvalue weighted by Crippen LogP contribution is -2.20. The highest BCUT2D eigenvalue weighted by Gasteiger charge is 2.11. The van der Waals surface area contributed by atoms with E-state index in [1.807, 2.05) is 6.07 Å². The van der Waals surface area contributed by atoms with E-state index in [4.69, 9.17) is 21.1 Å². The molecule has 7 heteroatoms. The predicted octanol–water partition coefficient (Wildman–Crippen LogP) is 3.67. The van der Waals surface area contributed by atoms with Crippen LogP contribution in [0.4, 0.5) is 5.69 Å². The Labute approximate surface area is 163 Å². The fourth-order valence-electron chi connectivity index (χ4n) is 2.16. The first-order valence-corrected chi connectivity index (χ1v) is 8.60. The number of nitrogens with one attached hydrogen (secondary N) is 2. The van der Waals surface area contributed by atoms with Gasteiger partial charge in [0.2, 0.25) is 0 Å². The number of amides is 1. The molecule has 0 saturated carbocycles. The molecule has 0 radical (unpaired) electrons. The van der Waals surface area contributed by atoms with E-state index < -0.39 is 5.91 Å². The molecule has 0 bridgehead atoms. The predicted molar refractivity (Wildman–Crippen MR) is 105 cm³/mol. The van der Waals surface area contributed by atoms with E-state index >= 15 is 0 Å². The lowest BCUT2D eigenvalue weighted by molar-refractivity contribution is -0.112. The average molecular weight is 386 g/mol. The van der Waals surface area contributed by atoms with E-state index in [-0.39, 0.29) is 5.57 Å². The van der Waals surface area contributed by atoms with Crippen molar-refractivity contribution >= 4 is 23.2 Å². The standard InChI is InChI=1S/C20H20ClN3O3/c1-14-18(21)4-3-5-19(14)24-20(25)15(12-22)13-23-10-11-27-17-8-6-16(26-2)7-9-17/h3-9,13,23H,10-11H2,1-2H3,(H,24,25)/b15-13-. The zero-order valence-corrected chi connectivity index (χ0v) is 15.8. The highest BCUT2D eigenvalue weighted by molar-refractivity contribution is 6.31. The Bertz CT molecular complexity index is 858. The van der Waals surface area contributed by atoms with Crippen LogP contribution in [0.2, 0.25) is 5.02 Å². The van der Waals surface area contributed by atoms with Crippen molar-refractivity contribution in [2.24, 2.45) is 0 Å². The maximum absolute atomic E-state index is 12.2. The molecule has 2 aromatic rings. The van der Waals surface area contributed by atoms with Crippen LogP contribution in [0.15, 0.2) is 54.2 Å². The van der Waals surface area contributed by atoms with E-state index in [1.54, 1.807) is 56.5 Å². The molecule has 0 unspecified atom stereocenters. The number of anilines is 1. The Morgan fingerprint density at radius 1 is 1.22 bits per heavy atom. The maximum Gasteiger partial charge on any atom is 0.267 e. The first kappa shape index (κ1) is 20.1. The summed E-state index contributed by atoms with van der Waals surface area (Å²) in [6.45, 7) is 2.60. The van der Waals surface area contributed by atoms with Crippen LogP contribution in [-0.2, 0) is 4.79 Å². The summed E-state index contributed by atoms with van der Waals surface area (Å²) in [4.78, 5) is 12.2. The number of carbonyl (C=O) groups is 1. The molecule has 6 nitrogen and oxygen atoms in total. The van der Waals surface area contributed by atoms with Gasteiger partial charge in [-0.15, -0.1) is 0 Å². The third-order valence-electron chi connectivity index (χ3n) is 3.70. The molecule has 27 heavy (non-hydrogen) atoms. The number of hydrogen-bond donors (Lipinski definition) is 2. The van der Waals surface area contributed by atoms with Gasteiger partial charge in [0.1, 0.15) is 29.7 Å². The van der Waals surface area contributed by atoms with Crippen LogP contribution in [0.25, 0.3) is 0 Å². The van der Waals surface area contributed by atoms with Crippen LogP contribution >= 0.6 is 11.6 Å². The lowest BCUT2D eigenvalue weighted by atomic mass is 10.2. The number of hydrogen-bond acceptors (Lipinski definition) is 5. The van der Waals surface area contributed by atoms with Gasteiger partial charge >= 0.3 is 0 Å². The van der Waals surface area contributed by atoms with Crippen molar-refractivity contribution in [3.8, 4) is 17.6 Å². The number of nitriles is 1.